The Morgan fingerprint density at radius 2 is 1.79 bits per heavy atom. The summed E-state index contributed by atoms with van der Waals surface area (Å²) >= 11 is 5.87. The molecule has 1 N–H and O–H groups in total. The van der Waals surface area contributed by atoms with E-state index in [0.717, 1.165) is 11.3 Å². The zero-order valence-corrected chi connectivity index (χ0v) is 14.3. The van der Waals surface area contributed by atoms with Gasteiger partial charge in [-0.05, 0) is 44.2 Å². The molecule has 0 saturated heterocycles. The van der Waals surface area contributed by atoms with Crippen molar-refractivity contribution in [2.45, 2.75) is 20.4 Å². The number of carbonyl (C=O) groups excluding carboxylic acids is 1. The van der Waals surface area contributed by atoms with E-state index in [1.807, 2.05) is 44.2 Å². The maximum absolute atomic E-state index is 12.6. The molecule has 24 heavy (non-hydrogen) atoms. The van der Waals surface area contributed by atoms with Crippen molar-refractivity contribution in [1.29, 1.82) is 0 Å². The van der Waals surface area contributed by atoms with Gasteiger partial charge in [0.1, 0.15) is 5.69 Å². The van der Waals surface area contributed by atoms with Gasteiger partial charge in [0.15, 0.2) is 0 Å². The van der Waals surface area contributed by atoms with Crippen molar-refractivity contribution >= 4 is 23.2 Å². The molecule has 1 heterocycles. The highest BCUT2D eigenvalue weighted by atomic mass is 35.5. The number of hydrogen-bond acceptors (Lipinski definition) is 2. The van der Waals surface area contributed by atoms with Gasteiger partial charge in [-0.3, -0.25) is 9.48 Å². The van der Waals surface area contributed by atoms with Gasteiger partial charge in [0, 0.05) is 22.8 Å². The minimum Gasteiger partial charge on any atom is -0.321 e. The Morgan fingerprint density at radius 1 is 1.12 bits per heavy atom. The molecular formula is C19H18ClN3O. The topological polar surface area (TPSA) is 46.9 Å². The minimum atomic E-state index is -0.190. The molecule has 2 aromatic carbocycles. The lowest BCUT2D eigenvalue weighted by atomic mass is 10.1. The quantitative estimate of drug-likeness (QED) is 0.743. The number of halogens is 1. The highest BCUT2D eigenvalue weighted by Gasteiger charge is 2.15. The van der Waals surface area contributed by atoms with Crippen LogP contribution in [0.15, 0.2) is 54.6 Å². The van der Waals surface area contributed by atoms with Crippen molar-refractivity contribution in [3.8, 4) is 11.3 Å². The molecule has 122 valence electrons. The van der Waals surface area contributed by atoms with Gasteiger partial charge in [0.25, 0.3) is 5.91 Å². The predicted octanol–water partition coefficient (Wildman–Crippen LogP) is 4.78. The van der Waals surface area contributed by atoms with Crippen LogP contribution in [0.3, 0.4) is 0 Å². The van der Waals surface area contributed by atoms with Crippen molar-refractivity contribution < 1.29 is 4.79 Å². The molecule has 0 aliphatic rings. The van der Waals surface area contributed by atoms with Crippen molar-refractivity contribution in [2.24, 2.45) is 0 Å². The van der Waals surface area contributed by atoms with Crippen molar-refractivity contribution in [3.05, 3.63) is 70.9 Å². The second-order valence-corrected chi connectivity index (χ2v) is 5.99. The Kier molecular flexibility index (Phi) is 4.67. The summed E-state index contributed by atoms with van der Waals surface area (Å²) in [6, 6.07) is 16.9. The summed E-state index contributed by atoms with van der Waals surface area (Å²) in [4.78, 5) is 12.6. The summed E-state index contributed by atoms with van der Waals surface area (Å²) in [5, 5.41) is 8.05. The van der Waals surface area contributed by atoms with Crippen LogP contribution >= 0.6 is 11.6 Å². The fourth-order valence-electron chi connectivity index (χ4n) is 2.43. The zero-order valence-electron chi connectivity index (χ0n) is 13.6. The molecule has 1 aromatic heterocycles. The van der Waals surface area contributed by atoms with Crippen molar-refractivity contribution in [1.82, 2.24) is 9.78 Å². The van der Waals surface area contributed by atoms with Crippen LogP contribution in [-0.2, 0) is 6.54 Å². The Morgan fingerprint density at radius 3 is 2.42 bits per heavy atom. The smallest absolute Gasteiger partial charge is 0.273 e. The number of nitrogens with zero attached hydrogens (tertiary/aromatic N) is 2. The Labute approximate surface area is 146 Å². The summed E-state index contributed by atoms with van der Waals surface area (Å²) in [6.07, 6.45) is 0. The molecule has 0 aliphatic carbocycles. The molecular weight excluding hydrogens is 322 g/mol. The lowest BCUT2D eigenvalue weighted by Gasteiger charge is -2.06. The molecule has 0 spiro atoms. The molecule has 3 aromatic rings. The fraction of sp³-hybridized carbons (Fsp3) is 0.158. The van der Waals surface area contributed by atoms with Gasteiger partial charge in [-0.2, -0.15) is 5.10 Å². The second kappa shape index (κ2) is 6.89. The first-order chi connectivity index (χ1) is 11.6. The highest BCUT2D eigenvalue weighted by molar-refractivity contribution is 6.30. The summed E-state index contributed by atoms with van der Waals surface area (Å²) in [6.45, 7) is 4.62. The molecule has 4 nitrogen and oxygen atoms in total. The van der Waals surface area contributed by atoms with E-state index in [-0.39, 0.29) is 5.91 Å². The Balaban J connectivity index is 1.88. The van der Waals surface area contributed by atoms with E-state index in [2.05, 4.69) is 10.4 Å². The SMILES string of the molecule is CCn1nc(-c2ccc(C)cc2)cc1C(=O)Nc1ccc(Cl)cc1. The number of amides is 1. The van der Waals surface area contributed by atoms with Gasteiger partial charge >= 0.3 is 0 Å². The zero-order chi connectivity index (χ0) is 17.1. The van der Waals surface area contributed by atoms with E-state index >= 15 is 0 Å². The largest absolute Gasteiger partial charge is 0.321 e. The first kappa shape index (κ1) is 16.3. The van der Waals surface area contributed by atoms with Crippen LogP contribution < -0.4 is 5.32 Å². The minimum absolute atomic E-state index is 0.190. The molecule has 0 saturated carbocycles. The van der Waals surface area contributed by atoms with E-state index < -0.39 is 0 Å². The van der Waals surface area contributed by atoms with Crippen molar-refractivity contribution in [2.75, 3.05) is 5.32 Å². The molecule has 0 atom stereocenters. The molecule has 0 fully saturated rings. The van der Waals surface area contributed by atoms with Gasteiger partial charge in [-0.25, -0.2) is 0 Å². The van der Waals surface area contributed by atoms with Gasteiger partial charge in [0.05, 0.1) is 5.69 Å². The molecule has 0 bridgehead atoms. The summed E-state index contributed by atoms with van der Waals surface area (Å²) in [5.74, 6) is -0.190. The van der Waals surface area contributed by atoms with E-state index in [9.17, 15) is 4.79 Å². The number of carbonyl (C=O) groups is 1. The predicted molar refractivity (Wildman–Crippen MR) is 97.5 cm³/mol. The molecule has 0 unspecified atom stereocenters. The lowest BCUT2D eigenvalue weighted by molar-refractivity contribution is 0.101. The van der Waals surface area contributed by atoms with Crippen LogP contribution in [0.25, 0.3) is 11.3 Å². The van der Waals surface area contributed by atoms with Crippen molar-refractivity contribution in [3.63, 3.8) is 0 Å². The van der Waals surface area contributed by atoms with Gasteiger partial charge in [0.2, 0.25) is 0 Å². The summed E-state index contributed by atoms with van der Waals surface area (Å²) in [7, 11) is 0. The third kappa shape index (κ3) is 3.49. The van der Waals surface area contributed by atoms with Gasteiger partial charge < -0.3 is 5.32 Å². The lowest BCUT2D eigenvalue weighted by Crippen LogP contribution is -2.17. The normalized spacial score (nSPS) is 10.6. The maximum Gasteiger partial charge on any atom is 0.273 e. The third-order valence-electron chi connectivity index (χ3n) is 3.76. The average Bonchev–Trinajstić information content (AvgIpc) is 3.02. The van der Waals surface area contributed by atoms with E-state index in [1.54, 1.807) is 28.9 Å². The standard InChI is InChI=1S/C19H18ClN3O/c1-3-23-18(19(24)21-16-10-8-15(20)9-11-16)12-17(22-23)14-6-4-13(2)5-7-14/h4-12H,3H2,1-2H3,(H,21,24). The summed E-state index contributed by atoms with van der Waals surface area (Å²) < 4.78 is 1.71. The van der Waals surface area contributed by atoms with Gasteiger partial charge in [-0.1, -0.05) is 41.4 Å². The molecule has 0 radical (unpaired) electrons. The first-order valence-electron chi connectivity index (χ1n) is 7.78. The van der Waals surface area contributed by atoms with Gasteiger partial charge in [-0.15, -0.1) is 0 Å². The monoisotopic (exact) mass is 339 g/mol. The van der Waals surface area contributed by atoms with E-state index in [0.29, 0.717) is 22.9 Å². The molecule has 5 heteroatoms. The van der Waals surface area contributed by atoms with E-state index in [1.165, 1.54) is 5.56 Å². The van der Waals surface area contributed by atoms with Crippen LogP contribution in [0.2, 0.25) is 5.02 Å². The number of rotatable bonds is 4. The number of aryl methyl sites for hydroxylation is 2. The Hall–Kier alpha value is -2.59. The summed E-state index contributed by atoms with van der Waals surface area (Å²) in [5.41, 5.74) is 4.20. The van der Waals surface area contributed by atoms with Crippen LogP contribution in [0, 0.1) is 6.92 Å². The highest BCUT2D eigenvalue weighted by Crippen LogP contribution is 2.21. The average molecular weight is 340 g/mol. The second-order valence-electron chi connectivity index (χ2n) is 5.56. The number of anilines is 1. The van der Waals surface area contributed by atoms with Crippen LogP contribution in [-0.4, -0.2) is 15.7 Å². The number of benzene rings is 2. The number of aromatic nitrogens is 2. The Bertz CT molecular complexity index is 851. The molecule has 1 amide bonds. The fourth-order valence-corrected chi connectivity index (χ4v) is 2.56. The first-order valence-corrected chi connectivity index (χ1v) is 8.16. The van der Waals surface area contributed by atoms with E-state index in [4.69, 9.17) is 11.6 Å². The maximum atomic E-state index is 12.6. The molecule has 3 rings (SSSR count). The van der Waals surface area contributed by atoms with Crippen LogP contribution in [0.4, 0.5) is 5.69 Å². The third-order valence-corrected chi connectivity index (χ3v) is 4.01. The number of hydrogen-bond donors (Lipinski definition) is 1. The number of nitrogens with one attached hydrogen (secondary N) is 1. The molecule has 0 aliphatic heterocycles. The van der Waals surface area contributed by atoms with Crippen LogP contribution in [0.5, 0.6) is 0 Å². The van der Waals surface area contributed by atoms with Crippen LogP contribution in [0.1, 0.15) is 23.0 Å².